The van der Waals surface area contributed by atoms with E-state index in [0.29, 0.717) is 19.3 Å². The Morgan fingerprint density at radius 3 is 0.838 bits per heavy atom. The third-order valence-electron chi connectivity index (χ3n) is 13.5. The maximum atomic E-state index is 12.9. The minimum Gasteiger partial charge on any atom is -0.462 e. The molecule has 0 N–H and O–H groups in total. The molecule has 0 aliphatic carbocycles. The minimum absolute atomic E-state index is 0.108. The number of unbranched alkanes of at least 4 members (excludes halogenated alkanes) is 23. The molecular formula is C74H120O6. The Bertz CT molecular complexity index is 1750. The van der Waals surface area contributed by atoms with E-state index in [1.165, 1.54) is 109 Å². The second kappa shape index (κ2) is 66.8. The second-order valence-corrected chi connectivity index (χ2v) is 21.3. The van der Waals surface area contributed by atoms with E-state index in [1.54, 1.807) is 0 Å². The van der Waals surface area contributed by atoms with Crippen molar-refractivity contribution in [1.82, 2.24) is 0 Å². The SMILES string of the molecule is CC/C=C\C/C=C\C/C=C\C/C=C\C/C=C\C/C=C\C/C=C\C/C=C\C/C=C\CCCC(=O)OCC(COC(=O)CCCCCCC/C=C\CCCCCCCC)OC(=O)CCCCCCCCC/C=C\C/C=C\CCCCCC. The standard InChI is InChI=1S/C74H120O6/c1-4-7-10-13-16-19-22-25-28-30-32-33-34-35-36-37-38-39-40-41-42-44-46-49-52-55-58-61-64-67-73(76)79-70-71(69-78-72(75)66-63-60-57-54-51-48-45-27-24-21-18-15-12-9-6-3)80-74(77)68-65-62-59-56-53-50-47-43-31-29-26-23-20-17-14-11-8-5-2/h7,10,16,19-20,23,25,27-29,31-33,35-36,38-39,41-42,45-46,49,55,58,71H,4-6,8-9,11-15,17-18,21-22,24,26,30,34,37,40,43-44,47-48,50-54,56-57,59-70H2,1-3H3/b10-7-,19-16-,23-20-,28-25-,31-29-,33-32-,36-35-,39-38-,42-41-,45-27-,49-46-,58-55-. The van der Waals surface area contributed by atoms with Crippen molar-refractivity contribution < 1.29 is 28.6 Å². The largest absolute Gasteiger partial charge is 0.462 e. The fraction of sp³-hybridized carbons (Fsp3) is 0.635. The van der Waals surface area contributed by atoms with Gasteiger partial charge in [-0.1, -0.05) is 269 Å². The van der Waals surface area contributed by atoms with Crippen LogP contribution in [-0.4, -0.2) is 37.2 Å². The Kier molecular flexibility index (Phi) is 62.9. The van der Waals surface area contributed by atoms with Crippen LogP contribution in [0.5, 0.6) is 0 Å². The van der Waals surface area contributed by atoms with Crippen molar-refractivity contribution in [2.24, 2.45) is 0 Å². The zero-order valence-electron chi connectivity index (χ0n) is 51.8. The number of hydrogen-bond acceptors (Lipinski definition) is 6. The Hall–Kier alpha value is -4.71. The molecule has 452 valence electrons. The summed E-state index contributed by atoms with van der Waals surface area (Å²) in [7, 11) is 0. The van der Waals surface area contributed by atoms with Gasteiger partial charge in [0.25, 0.3) is 0 Å². The van der Waals surface area contributed by atoms with Crippen molar-refractivity contribution in [3.05, 3.63) is 146 Å². The van der Waals surface area contributed by atoms with Gasteiger partial charge in [-0.15, -0.1) is 0 Å². The molecule has 80 heavy (non-hydrogen) atoms. The zero-order chi connectivity index (χ0) is 57.8. The maximum Gasteiger partial charge on any atom is 0.306 e. The highest BCUT2D eigenvalue weighted by atomic mass is 16.6. The minimum atomic E-state index is -0.816. The molecule has 0 saturated carbocycles. The monoisotopic (exact) mass is 1100 g/mol. The molecule has 1 unspecified atom stereocenters. The lowest BCUT2D eigenvalue weighted by molar-refractivity contribution is -0.167. The zero-order valence-corrected chi connectivity index (χ0v) is 51.8. The molecule has 0 aromatic carbocycles. The molecule has 0 heterocycles. The number of ether oxygens (including phenoxy) is 3. The van der Waals surface area contributed by atoms with Gasteiger partial charge >= 0.3 is 17.9 Å². The number of allylic oxidation sites excluding steroid dienone is 24. The predicted octanol–water partition coefficient (Wildman–Crippen LogP) is 22.7. The van der Waals surface area contributed by atoms with Gasteiger partial charge in [-0.2, -0.15) is 0 Å². The van der Waals surface area contributed by atoms with Gasteiger partial charge in [0.1, 0.15) is 13.2 Å². The smallest absolute Gasteiger partial charge is 0.306 e. The van der Waals surface area contributed by atoms with Crippen molar-refractivity contribution in [2.75, 3.05) is 13.2 Å². The first-order valence-electron chi connectivity index (χ1n) is 32.8. The van der Waals surface area contributed by atoms with Gasteiger partial charge in [0.05, 0.1) is 0 Å². The topological polar surface area (TPSA) is 78.9 Å². The van der Waals surface area contributed by atoms with Crippen molar-refractivity contribution >= 4 is 17.9 Å². The highest BCUT2D eigenvalue weighted by Gasteiger charge is 2.19. The number of carbonyl (C=O) groups excluding carboxylic acids is 3. The van der Waals surface area contributed by atoms with E-state index in [9.17, 15) is 14.4 Å². The molecule has 0 aromatic rings. The fourth-order valence-corrected chi connectivity index (χ4v) is 8.65. The lowest BCUT2D eigenvalue weighted by Gasteiger charge is -2.18. The molecule has 0 rings (SSSR count). The summed E-state index contributed by atoms with van der Waals surface area (Å²) in [5, 5.41) is 0. The number of hydrogen-bond donors (Lipinski definition) is 0. The van der Waals surface area contributed by atoms with E-state index in [4.69, 9.17) is 14.2 Å². The van der Waals surface area contributed by atoms with Crippen LogP contribution in [0.2, 0.25) is 0 Å². The third kappa shape index (κ3) is 64.1. The summed E-state index contributed by atoms with van der Waals surface area (Å²) in [5.41, 5.74) is 0. The van der Waals surface area contributed by atoms with E-state index in [2.05, 4.69) is 167 Å². The molecule has 6 nitrogen and oxygen atoms in total. The van der Waals surface area contributed by atoms with E-state index in [1.807, 2.05) is 0 Å². The van der Waals surface area contributed by atoms with E-state index < -0.39 is 6.10 Å². The van der Waals surface area contributed by atoms with Gasteiger partial charge in [0.2, 0.25) is 0 Å². The van der Waals surface area contributed by atoms with Crippen LogP contribution in [0.1, 0.15) is 284 Å². The highest BCUT2D eigenvalue weighted by molar-refractivity contribution is 5.71. The Morgan fingerprint density at radius 1 is 0.263 bits per heavy atom. The van der Waals surface area contributed by atoms with Gasteiger partial charge in [-0.05, 0) is 141 Å². The summed E-state index contributed by atoms with van der Waals surface area (Å²) >= 11 is 0. The molecule has 0 bridgehead atoms. The van der Waals surface area contributed by atoms with Gasteiger partial charge in [0, 0.05) is 19.3 Å². The van der Waals surface area contributed by atoms with Crippen molar-refractivity contribution in [1.29, 1.82) is 0 Å². The molecule has 0 spiro atoms. The summed E-state index contributed by atoms with van der Waals surface area (Å²) in [6.45, 7) is 6.45. The average molecular weight is 1110 g/mol. The first-order valence-corrected chi connectivity index (χ1v) is 32.8. The van der Waals surface area contributed by atoms with Crippen LogP contribution in [0.25, 0.3) is 0 Å². The number of esters is 3. The predicted molar refractivity (Wildman–Crippen MR) is 348 cm³/mol. The summed E-state index contributed by atoms with van der Waals surface area (Å²) in [6.07, 6.45) is 95.7. The summed E-state index contributed by atoms with van der Waals surface area (Å²) in [6, 6.07) is 0. The fourth-order valence-electron chi connectivity index (χ4n) is 8.65. The Balaban J connectivity index is 4.49. The summed E-state index contributed by atoms with van der Waals surface area (Å²) in [5.74, 6) is -0.985. The maximum absolute atomic E-state index is 12.9. The quantitative estimate of drug-likeness (QED) is 0.0261. The molecule has 1 atom stereocenters. The van der Waals surface area contributed by atoms with Gasteiger partial charge < -0.3 is 14.2 Å². The average Bonchev–Trinajstić information content (AvgIpc) is 3.46. The molecule has 0 aliphatic rings. The first kappa shape index (κ1) is 75.3. The highest BCUT2D eigenvalue weighted by Crippen LogP contribution is 2.14. The molecular weight excluding hydrogens is 985 g/mol. The van der Waals surface area contributed by atoms with Crippen LogP contribution in [0, 0.1) is 0 Å². The van der Waals surface area contributed by atoms with Gasteiger partial charge in [0.15, 0.2) is 6.10 Å². The molecule has 6 heteroatoms. The lowest BCUT2D eigenvalue weighted by atomic mass is 10.1. The number of carbonyl (C=O) groups is 3. The van der Waals surface area contributed by atoms with Crippen molar-refractivity contribution in [3.8, 4) is 0 Å². The van der Waals surface area contributed by atoms with Crippen LogP contribution in [-0.2, 0) is 28.6 Å². The van der Waals surface area contributed by atoms with Crippen molar-refractivity contribution in [3.63, 3.8) is 0 Å². The van der Waals surface area contributed by atoms with Gasteiger partial charge in [-0.3, -0.25) is 14.4 Å². The summed E-state index contributed by atoms with van der Waals surface area (Å²) < 4.78 is 16.9. The molecule has 0 aliphatic heterocycles. The van der Waals surface area contributed by atoms with Crippen LogP contribution < -0.4 is 0 Å². The van der Waals surface area contributed by atoms with E-state index >= 15 is 0 Å². The normalized spacial score (nSPS) is 13.1. The Morgan fingerprint density at radius 2 is 0.500 bits per heavy atom. The molecule has 0 amide bonds. The van der Waals surface area contributed by atoms with Crippen LogP contribution in [0.4, 0.5) is 0 Å². The molecule has 0 saturated heterocycles. The second-order valence-electron chi connectivity index (χ2n) is 21.3. The van der Waals surface area contributed by atoms with E-state index in [0.717, 1.165) is 128 Å². The summed E-state index contributed by atoms with van der Waals surface area (Å²) in [4.78, 5) is 38.3. The number of rotatable bonds is 58. The lowest BCUT2D eigenvalue weighted by Crippen LogP contribution is -2.30. The van der Waals surface area contributed by atoms with Crippen molar-refractivity contribution in [2.45, 2.75) is 290 Å². The first-order chi connectivity index (χ1) is 39.5. The van der Waals surface area contributed by atoms with Crippen LogP contribution >= 0.6 is 0 Å². The molecule has 0 fully saturated rings. The molecule has 0 aromatic heterocycles. The Labute approximate surface area is 493 Å². The van der Waals surface area contributed by atoms with Crippen LogP contribution in [0.3, 0.4) is 0 Å². The van der Waals surface area contributed by atoms with Gasteiger partial charge in [-0.25, -0.2) is 0 Å². The third-order valence-corrected chi connectivity index (χ3v) is 13.5. The molecule has 0 radical (unpaired) electrons. The van der Waals surface area contributed by atoms with Crippen LogP contribution in [0.15, 0.2) is 146 Å². The van der Waals surface area contributed by atoms with E-state index in [-0.39, 0.29) is 37.5 Å².